The first-order chi connectivity index (χ1) is 13.7. The van der Waals surface area contributed by atoms with Gasteiger partial charge < -0.3 is 14.4 Å². The summed E-state index contributed by atoms with van der Waals surface area (Å²) in [6, 6.07) is 8.36. The molecule has 1 aliphatic heterocycles. The molecule has 0 aliphatic carbocycles. The van der Waals surface area contributed by atoms with Crippen molar-refractivity contribution >= 4 is 21.6 Å². The summed E-state index contributed by atoms with van der Waals surface area (Å²) in [6.45, 7) is 5.74. The van der Waals surface area contributed by atoms with E-state index in [0.717, 1.165) is 5.56 Å². The summed E-state index contributed by atoms with van der Waals surface area (Å²) in [5.41, 5.74) is 3.03. The highest BCUT2D eigenvalue weighted by Gasteiger charge is 2.34. The minimum Gasteiger partial charge on any atom is -0.493 e. The maximum Gasteiger partial charge on any atom is 0.241 e. The third kappa shape index (κ3) is 4.23. The average Bonchev–Trinajstić information content (AvgIpc) is 2.99. The molecule has 1 atom stereocenters. The van der Waals surface area contributed by atoms with Crippen LogP contribution in [-0.4, -0.2) is 41.1 Å². The summed E-state index contributed by atoms with van der Waals surface area (Å²) < 4.78 is 39.2. The number of amides is 1. The van der Waals surface area contributed by atoms with E-state index in [4.69, 9.17) is 9.47 Å². The van der Waals surface area contributed by atoms with Crippen LogP contribution in [0.3, 0.4) is 0 Å². The van der Waals surface area contributed by atoms with Gasteiger partial charge in [0.1, 0.15) is 0 Å². The van der Waals surface area contributed by atoms with Gasteiger partial charge in [-0.1, -0.05) is 17.7 Å². The minimum atomic E-state index is -3.75. The van der Waals surface area contributed by atoms with Gasteiger partial charge in [-0.2, -0.15) is 0 Å². The van der Waals surface area contributed by atoms with Gasteiger partial charge in [0.25, 0.3) is 0 Å². The Morgan fingerprint density at radius 3 is 2.21 bits per heavy atom. The van der Waals surface area contributed by atoms with Crippen molar-refractivity contribution in [3.8, 4) is 11.5 Å². The molecule has 0 bridgehead atoms. The Bertz CT molecular complexity index is 1030. The molecule has 0 unspecified atom stereocenters. The number of carbonyl (C=O) groups is 1. The van der Waals surface area contributed by atoms with Gasteiger partial charge in [-0.05, 0) is 44.0 Å². The second-order valence-electron chi connectivity index (χ2n) is 7.29. The normalized spacial score (nSPS) is 16.9. The van der Waals surface area contributed by atoms with Gasteiger partial charge in [0.2, 0.25) is 15.9 Å². The lowest BCUT2D eigenvalue weighted by Crippen LogP contribution is -2.37. The molecule has 7 nitrogen and oxygen atoms in total. The average molecular weight is 419 g/mol. The third-order valence-corrected chi connectivity index (χ3v) is 6.82. The summed E-state index contributed by atoms with van der Waals surface area (Å²) in [4.78, 5) is 14.4. The number of ether oxygens (including phenoxy) is 2. The molecule has 8 heteroatoms. The van der Waals surface area contributed by atoms with Crippen LogP contribution < -0.4 is 19.1 Å². The highest BCUT2D eigenvalue weighted by molar-refractivity contribution is 7.89. The van der Waals surface area contributed by atoms with E-state index in [2.05, 4.69) is 4.72 Å². The van der Waals surface area contributed by atoms with E-state index in [0.29, 0.717) is 28.3 Å². The van der Waals surface area contributed by atoms with Crippen LogP contribution in [0.15, 0.2) is 35.2 Å². The van der Waals surface area contributed by atoms with Crippen LogP contribution in [0.1, 0.15) is 23.1 Å². The molecule has 156 valence electrons. The molecule has 1 heterocycles. The smallest absolute Gasteiger partial charge is 0.241 e. The van der Waals surface area contributed by atoms with Crippen LogP contribution in [0.25, 0.3) is 0 Å². The fraction of sp³-hybridized carbons (Fsp3) is 0.381. The summed E-state index contributed by atoms with van der Waals surface area (Å²) >= 11 is 0. The number of benzene rings is 2. The third-order valence-electron chi connectivity index (χ3n) is 5.00. The van der Waals surface area contributed by atoms with Crippen LogP contribution in [0.5, 0.6) is 11.5 Å². The lowest BCUT2D eigenvalue weighted by molar-refractivity contribution is -0.117. The second kappa shape index (κ2) is 8.04. The number of aryl methyl sites for hydroxylation is 3. The number of carbonyl (C=O) groups excluding carboxylic acids is 1. The first-order valence-corrected chi connectivity index (χ1v) is 10.8. The van der Waals surface area contributed by atoms with Crippen molar-refractivity contribution in [2.45, 2.75) is 38.1 Å². The molecule has 1 fully saturated rings. The molecule has 1 aliphatic rings. The van der Waals surface area contributed by atoms with Crippen molar-refractivity contribution in [2.75, 3.05) is 25.7 Å². The molecule has 1 saturated heterocycles. The van der Waals surface area contributed by atoms with Gasteiger partial charge in [0.15, 0.2) is 11.5 Å². The van der Waals surface area contributed by atoms with Gasteiger partial charge in [0.05, 0.1) is 19.1 Å². The van der Waals surface area contributed by atoms with E-state index >= 15 is 0 Å². The van der Waals surface area contributed by atoms with Gasteiger partial charge in [-0.15, -0.1) is 0 Å². The van der Waals surface area contributed by atoms with Crippen molar-refractivity contribution in [2.24, 2.45) is 0 Å². The first-order valence-electron chi connectivity index (χ1n) is 9.29. The number of methoxy groups -OCH3 is 2. The zero-order valence-electron chi connectivity index (χ0n) is 17.3. The molecule has 3 rings (SSSR count). The molecule has 0 radical (unpaired) electrons. The van der Waals surface area contributed by atoms with Crippen LogP contribution in [0.2, 0.25) is 0 Å². The fourth-order valence-corrected chi connectivity index (χ4v) is 5.58. The maximum absolute atomic E-state index is 13.0. The van der Waals surface area contributed by atoms with Gasteiger partial charge >= 0.3 is 0 Å². The predicted molar refractivity (Wildman–Crippen MR) is 111 cm³/mol. The Morgan fingerprint density at radius 1 is 1.00 bits per heavy atom. The van der Waals surface area contributed by atoms with Gasteiger partial charge in [-0.25, -0.2) is 13.1 Å². The Morgan fingerprint density at radius 2 is 1.62 bits per heavy atom. The largest absolute Gasteiger partial charge is 0.493 e. The number of rotatable bonds is 6. The molecule has 0 spiro atoms. The van der Waals surface area contributed by atoms with Crippen molar-refractivity contribution in [1.82, 2.24) is 4.72 Å². The van der Waals surface area contributed by atoms with Crippen molar-refractivity contribution in [1.29, 1.82) is 0 Å². The topological polar surface area (TPSA) is 84.9 Å². The van der Waals surface area contributed by atoms with Crippen LogP contribution >= 0.6 is 0 Å². The van der Waals surface area contributed by atoms with Crippen LogP contribution in [-0.2, 0) is 14.8 Å². The van der Waals surface area contributed by atoms with E-state index in [-0.39, 0.29) is 23.8 Å². The van der Waals surface area contributed by atoms with Gasteiger partial charge in [-0.3, -0.25) is 4.79 Å². The Balaban J connectivity index is 1.82. The van der Waals surface area contributed by atoms with E-state index in [9.17, 15) is 13.2 Å². The summed E-state index contributed by atoms with van der Waals surface area (Å²) in [6.07, 6.45) is 0.0948. The number of nitrogens with one attached hydrogen (secondary N) is 1. The number of nitrogens with zero attached hydrogens (tertiary/aromatic N) is 1. The zero-order valence-corrected chi connectivity index (χ0v) is 18.1. The standard InChI is InChI=1S/C21H26N2O5S/c1-13-8-14(2)21(15(3)9-13)29(25,26)22-16-10-20(24)23(12-16)17-6-7-18(27-4)19(11-17)28-5/h6-9,11,16,22H,10,12H2,1-5H3/t16-/m0/s1. The first kappa shape index (κ1) is 21.1. The van der Waals surface area contributed by atoms with E-state index in [1.807, 2.05) is 19.1 Å². The Labute approximate surface area is 171 Å². The number of sulfonamides is 1. The monoisotopic (exact) mass is 418 g/mol. The molecule has 0 saturated carbocycles. The summed E-state index contributed by atoms with van der Waals surface area (Å²) in [5, 5.41) is 0. The Hall–Kier alpha value is -2.58. The molecular formula is C21H26N2O5S. The maximum atomic E-state index is 13.0. The number of hydrogen-bond donors (Lipinski definition) is 1. The lowest BCUT2D eigenvalue weighted by atomic mass is 10.1. The number of hydrogen-bond acceptors (Lipinski definition) is 5. The quantitative estimate of drug-likeness (QED) is 0.780. The van der Waals surface area contributed by atoms with E-state index < -0.39 is 16.1 Å². The Kier molecular flexibility index (Phi) is 5.86. The van der Waals surface area contributed by atoms with Crippen LogP contribution in [0.4, 0.5) is 5.69 Å². The second-order valence-corrected chi connectivity index (χ2v) is 8.94. The van der Waals surface area contributed by atoms with E-state index in [1.165, 1.54) is 7.11 Å². The SMILES string of the molecule is COc1ccc(N2C[C@@H](NS(=O)(=O)c3c(C)cc(C)cc3C)CC2=O)cc1OC. The van der Waals surface area contributed by atoms with Crippen molar-refractivity contribution in [3.63, 3.8) is 0 Å². The van der Waals surface area contributed by atoms with Gasteiger partial charge in [0, 0.05) is 30.8 Å². The lowest BCUT2D eigenvalue weighted by Gasteiger charge is -2.19. The molecule has 2 aromatic carbocycles. The number of anilines is 1. The zero-order chi connectivity index (χ0) is 21.3. The van der Waals surface area contributed by atoms with Crippen LogP contribution in [0, 0.1) is 20.8 Å². The summed E-state index contributed by atoms with van der Waals surface area (Å²) in [5.74, 6) is 0.917. The highest BCUT2D eigenvalue weighted by Crippen LogP contribution is 2.33. The van der Waals surface area contributed by atoms with E-state index in [1.54, 1.807) is 44.1 Å². The molecule has 29 heavy (non-hydrogen) atoms. The van der Waals surface area contributed by atoms with Crippen molar-refractivity contribution < 1.29 is 22.7 Å². The molecule has 1 N–H and O–H groups in total. The molecule has 1 amide bonds. The minimum absolute atomic E-state index is 0.0948. The van der Waals surface area contributed by atoms with Crippen molar-refractivity contribution in [3.05, 3.63) is 47.0 Å². The molecule has 2 aromatic rings. The fourth-order valence-electron chi connectivity index (χ4n) is 3.90. The summed E-state index contributed by atoms with van der Waals surface area (Å²) in [7, 11) is -0.683. The molecular weight excluding hydrogens is 392 g/mol. The highest BCUT2D eigenvalue weighted by atomic mass is 32.2. The molecule has 0 aromatic heterocycles. The predicted octanol–water partition coefficient (Wildman–Crippen LogP) is 2.71.